The van der Waals surface area contributed by atoms with Crippen molar-refractivity contribution in [3.63, 3.8) is 0 Å². The number of benzene rings is 1. The molecular weight excluding hydrogens is 464 g/mol. The Balaban J connectivity index is 0.000000205. The van der Waals surface area contributed by atoms with E-state index in [0.29, 0.717) is 5.56 Å². The number of aromatic nitrogens is 1. The molecule has 2 aromatic rings. The third kappa shape index (κ3) is 4.50. The number of nitriles is 1. The van der Waals surface area contributed by atoms with E-state index in [1.807, 2.05) is 30.3 Å². The molecule has 2 aliphatic rings. The Kier molecular flexibility index (Phi) is 7.35. The zero-order chi connectivity index (χ0) is 26.9. The SMILES string of the molecule is C=Cc1ccc(-c2ccccc2C#N)cn1.CC1OC(=O)C2(C(C)(C)C(N)=O)CC(F)(F)C(C)CC12. The Bertz CT molecular complexity index is 1200. The predicted molar refractivity (Wildman–Crippen MR) is 132 cm³/mol. The minimum Gasteiger partial charge on any atom is -0.462 e. The molecule has 36 heavy (non-hydrogen) atoms. The number of nitrogens with two attached hydrogens (primary N) is 1. The van der Waals surface area contributed by atoms with E-state index in [1.54, 1.807) is 25.3 Å². The summed E-state index contributed by atoms with van der Waals surface area (Å²) < 4.78 is 33.6. The van der Waals surface area contributed by atoms with Crippen LogP contribution < -0.4 is 5.73 Å². The quantitative estimate of drug-likeness (QED) is 0.574. The lowest BCUT2D eigenvalue weighted by atomic mass is 9.51. The lowest BCUT2D eigenvalue weighted by Crippen LogP contribution is -2.59. The van der Waals surface area contributed by atoms with E-state index in [4.69, 9.17) is 15.7 Å². The van der Waals surface area contributed by atoms with E-state index in [9.17, 15) is 18.4 Å². The maximum absolute atomic E-state index is 14.2. The standard InChI is InChI=1S/C14H21F2NO3.C14H10N2/c1-7-5-9-8(2)20-11(19)13(9,6-14(7,15)16)12(3,4)10(17)18;1-2-13-8-7-12(10-16-13)14-6-4-3-5-11(14)9-15/h7-9H,5-6H2,1-4H3,(H2,17,18);2-8,10H,1H2. The maximum Gasteiger partial charge on any atom is 0.314 e. The maximum atomic E-state index is 14.2. The van der Waals surface area contributed by atoms with Crippen LogP contribution in [0.4, 0.5) is 8.78 Å². The van der Waals surface area contributed by atoms with Gasteiger partial charge < -0.3 is 10.5 Å². The molecule has 8 heteroatoms. The van der Waals surface area contributed by atoms with Crippen molar-refractivity contribution < 1.29 is 23.1 Å². The molecular formula is C28H31F2N3O3. The van der Waals surface area contributed by atoms with Crippen LogP contribution in [0.15, 0.2) is 49.2 Å². The van der Waals surface area contributed by atoms with Crippen molar-refractivity contribution in [1.82, 2.24) is 4.98 Å². The fourth-order valence-electron chi connectivity index (χ4n) is 5.28. The third-order valence-corrected chi connectivity index (χ3v) is 7.79. The van der Waals surface area contributed by atoms with Crippen LogP contribution in [0.1, 0.15) is 51.8 Å². The van der Waals surface area contributed by atoms with Crippen molar-refractivity contribution in [3.05, 3.63) is 60.4 Å². The molecule has 4 rings (SSSR count). The fraction of sp³-hybridized carbons (Fsp3) is 0.429. The van der Waals surface area contributed by atoms with Gasteiger partial charge in [-0.05, 0) is 45.4 Å². The third-order valence-electron chi connectivity index (χ3n) is 7.79. The monoisotopic (exact) mass is 495 g/mol. The summed E-state index contributed by atoms with van der Waals surface area (Å²) in [6.07, 6.45) is 2.45. The number of carbonyl (C=O) groups is 2. The highest BCUT2D eigenvalue weighted by Gasteiger charge is 2.71. The van der Waals surface area contributed by atoms with Crippen molar-refractivity contribution in [1.29, 1.82) is 5.26 Å². The summed E-state index contributed by atoms with van der Waals surface area (Å²) in [5.74, 6) is -5.73. The molecule has 190 valence electrons. The molecule has 4 unspecified atom stereocenters. The molecule has 4 atom stereocenters. The molecule has 1 aliphatic carbocycles. The van der Waals surface area contributed by atoms with Crippen LogP contribution in [-0.2, 0) is 14.3 Å². The number of ether oxygens (including phenoxy) is 1. The van der Waals surface area contributed by atoms with Crippen molar-refractivity contribution in [2.45, 2.75) is 52.6 Å². The number of hydrogen-bond acceptors (Lipinski definition) is 5. The van der Waals surface area contributed by atoms with Crippen LogP contribution in [0, 0.1) is 34.0 Å². The van der Waals surface area contributed by atoms with E-state index >= 15 is 0 Å². The molecule has 1 saturated heterocycles. The van der Waals surface area contributed by atoms with Gasteiger partial charge in [0.25, 0.3) is 5.92 Å². The Labute approximate surface area is 210 Å². The lowest BCUT2D eigenvalue weighted by molar-refractivity contribution is -0.185. The number of nitrogens with zero attached hydrogens (tertiary/aromatic N) is 2. The first kappa shape index (κ1) is 27.0. The molecule has 2 N–H and O–H groups in total. The summed E-state index contributed by atoms with van der Waals surface area (Å²) in [5, 5.41) is 8.99. The molecule has 0 radical (unpaired) electrons. The minimum absolute atomic E-state index is 0.149. The molecule has 1 aromatic carbocycles. The van der Waals surface area contributed by atoms with E-state index in [-0.39, 0.29) is 6.42 Å². The lowest BCUT2D eigenvalue weighted by Gasteiger charge is -2.49. The summed E-state index contributed by atoms with van der Waals surface area (Å²) >= 11 is 0. The number of esters is 1. The van der Waals surface area contributed by atoms with Gasteiger partial charge in [-0.2, -0.15) is 5.26 Å². The van der Waals surface area contributed by atoms with Gasteiger partial charge in [-0.25, -0.2) is 8.78 Å². The van der Waals surface area contributed by atoms with Crippen molar-refractivity contribution in [2.24, 2.45) is 28.4 Å². The van der Waals surface area contributed by atoms with Gasteiger partial charge in [0.2, 0.25) is 5.91 Å². The number of halogens is 2. The van der Waals surface area contributed by atoms with Crippen LogP contribution in [0.2, 0.25) is 0 Å². The summed E-state index contributed by atoms with van der Waals surface area (Å²) in [5.41, 5.74) is 5.84. The molecule has 1 amide bonds. The highest BCUT2D eigenvalue weighted by Crippen LogP contribution is 2.63. The smallest absolute Gasteiger partial charge is 0.314 e. The molecule has 1 aromatic heterocycles. The van der Waals surface area contributed by atoms with Crippen LogP contribution in [-0.4, -0.2) is 28.9 Å². The van der Waals surface area contributed by atoms with Gasteiger partial charge in [0, 0.05) is 35.6 Å². The second-order valence-corrected chi connectivity index (χ2v) is 10.1. The Hall–Kier alpha value is -3.60. The highest BCUT2D eigenvalue weighted by atomic mass is 19.3. The molecule has 2 fully saturated rings. The minimum atomic E-state index is -3.01. The summed E-state index contributed by atoms with van der Waals surface area (Å²) in [6, 6.07) is 13.5. The van der Waals surface area contributed by atoms with E-state index in [2.05, 4.69) is 17.6 Å². The number of amides is 1. The van der Waals surface area contributed by atoms with Crippen LogP contribution in [0.25, 0.3) is 17.2 Å². The van der Waals surface area contributed by atoms with Gasteiger partial charge in [-0.3, -0.25) is 14.6 Å². The summed E-state index contributed by atoms with van der Waals surface area (Å²) in [7, 11) is 0. The summed E-state index contributed by atoms with van der Waals surface area (Å²) in [4.78, 5) is 28.3. The number of fused-ring (bicyclic) bond motifs is 1. The highest BCUT2D eigenvalue weighted by molar-refractivity contribution is 5.91. The van der Waals surface area contributed by atoms with Crippen LogP contribution in [0.3, 0.4) is 0 Å². The Morgan fingerprint density at radius 1 is 1.28 bits per heavy atom. The Morgan fingerprint density at radius 2 is 1.94 bits per heavy atom. The number of alkyl halides is 2. The number of cyclic esters (lactones) is 1. The average molecular weight is 496 g/mol. The Morgan fingerprint density at radius 3 is 2.50 bits per heavy atom. The molecule has 0 bridgehead atoms. The van der Waals surface area contributed by atoms with E-state index in [1.165, 1.54) is 20.8 Å². The van der Waals surface area contributed by atoms with Crippen molar-refractivity contribution in [3.8, 4) is 17.2 Å². The van der Waals surface area contributed by atoms with Crippen LogP contribution >= 0.6 is 0 Å². The van der Waals surface area contributed by atoms with Crippen molar-refractivity contribution in [2.75, 3.05) is 0 Å². The number of carbonyl (C=O) groups excluding carboxylic acids is 2. The second-order valence-electron chi connectivity index (χ2n) is 10.1. The average Bonchev–Trinajstić information content (AvgIpc) is 3.09. The van der Waals surface area contributed by atoms with Gasteiger partial charge in [0.15, 0.2) is 0 Å². The van der Waals surface area contributed by atoms with Gasteiger partial charge >= 0.3 is 5.97 Å². The van der Waals surface area contributed by atoms with Gasteiger partial charge in [0.1, 0.15) is 6.10 Å². The number of pyridine rings is 1. The van der Waals surface area contributed by atoms with E-state index in [0.717, 1.165) is 16.8 Å². The predicted octanol–water partition coefficient (Wildman–Crippen LogP) is 5.37. The first-order valence-corrected chi connectivity index (χ1v) is 11.8. The first-order valence-electron chi connectivity index (χ1n) is 11.8. The van der Waals surface area contributed by atoms with Crippen LogP contribution in [0.5, 0.6) is 0 Å². The number of hydrogen-bond donors (Lipinski definition) is 1. The van der Waals surface area contributed by atoms with Crippen molar-refractivity contribution >= 4 is 18.0 Å². The molecule has 1 aliphatic heterocycles. The first-order chi connectivity index (χ1) is 16.8. The largest absolute Gasteiger partial charge is 0.462 e. The summed E-state index contributed by atoms with van der Waals surface area (Å²) in [6.45, 7) is 9.75. The molecule has 0 spiro atoms. The zero-order valence-corrected chi connectivity index (χ0v) is 20.9. The normalized spacial score (nSPS) is 26.5. The molecule has 1 saturated carbocycles. The van der Waals surface area contributed by atoms with E-state index < -0.39 is 53.0 Å². The van der Waals surface area contributed by atoms with Gasteiger partial charge in [-0.15, -0.1) is 0 Å². The molecule has 6 nitrogen and oxygen atoms in total. The van der Waals surface area contributed by atoms with Gasteiger partial charge in [0.05, 0.1) is 28.2 Å². The second kappa shape index (κ2) is 9.81. The number of primary amides is 1. The zero-order valence-electron chi connectivity index (χ0n) is 20.9. The number of rotatable bonds is 4. The topological polar surface area (TPSA) is 106 Å². The molecule has 2 heterocycles. The fourth-order valence-corrected chi connectivity index (χ4v) is 5.28. The van der Waals surface area contributed by atoms with Gasteiger partial charge in [-0.1, -0.05) is 37.8 Å².